The number of carbonyl (C=O) groups is 1. The third-order valence-corrected chi connectivity index (χ3v) is 2.83. The second-order valence-corrected chi connectivity index (χ2v) is 4.53. The van der Waals surface area contributed by atoms with E-state index >= 15 is 0 Å². The lowest BCUT2D eigenvalue weighted by Gasteiger charge is -2.07. The summed E-state index contributed by atoms with van der Waals surface area (Å²) in [5, 5.41) is 3.33. The number of esters is 1. The van der Waals surface area contributed by atoms with Gasteiger partial charge in [0.1, 0.15) is 12.4 Å². The van der Waals surface area contributed by atoms with Crippen LogP contribution in [0.5, 0.6) is 5.75 Å². The van der Waals surface area contributed by atoms with Crippen LogP contribution in [-0.2, 0) is 9.53 Å². The second kappa shape index (κ2) is 11.3. The molecule has 1 N–H and O–H groups in total. The maximum absolute atomic E-state index is 11.1. The van der Waals surface area contributed by atoms with E-state index in [9.17, 15) is 4.79 Å². The highest BCUT2D eigenvalue weighted by Crippen LogP contribution is 2.07. The van der Waals surface area contributed by atoms with Gasteiger partial charge in [-0.1, -0.05) is 24.6 Å². The number of rotatable bonds is 11. The summed E-state index contributed by atoms with van der Waals surface area (Å²) in [7, 11) is 0. The molecule has 1 rings (SSSR count). The Morgan fingerprint density at radius 2 is 1.90 bits per heavy atom. The number of ether oxygens (including phenoxy) is 2. The van der Waals surface area contributed by atoms with Crippen molar-refractivity contribution in [2.75, 3.05) is 26.3 Å². The zero-order valence-electron chi connectivity index (χ0n) is 12.3. The molecule has 0 bridgehead atoms. The van der Waals surface area contributed by atoms with Gasteiger partial charge < -0.3 is 14.8 Å². The van der Waals surface area contributed by atoms with E-state index < -0.39 is 0 Å². The van der Waals surface area contributed by atoms with Gasteiger partial charge >= 0.3 is 5.97 Å². The Labute approximate surface area is 121 Å². The van der Waals surface area contributed by atoms with E-state index in [0.29, 0.717) is 19.6 Å². The summed E-state index contributed by atoms with van der Waals surface area (Å²) < 4.78 is 10.4. The molecule has 0 spiro atoms. The van der Waals surface area contributed by atoms with Gasteiger partial charge in [0.15, 0.2) is 0 Å². The minimum atomic E-state index is -0.0864. The molecule has 0 radical (unpaired) electrons. The molecular weight excluding hydrogens is 254 g/mol. The molecule has 0 fully saturated rings. The Morgan fingerprint density at radius 3 is 2.65 bits per heavy atom. The molecule has 112 valence electrons. The summed E-state index contributed by atoms with van der Waals surface area (Å²) in [5.74, 6) is 0.820. The van der Waals surface area contributed by atoms with Gasteiger partial charge in [-0.15, -0.1) is 0 Å². The SMILES string of the molecule is CCOC(=O)CCCCCNCCOc1ccccc1. The van der Waals surface area contributed by atoms with Crippen molar-refractivity contribution < 1.29 is 14.3 Å². The standard InChI is InChI=1S/C16H25NO3/c1-2-19-16(18)11-7-4-8-12-17-13-14-20-15-9-5-3-6-10-15/h3,5-6,9-10,17H,2,4,7-8,11-14H2,1H3. The van der Waals surface area contributed by atoms with E-state index in [-0.39, 0.29) is 5.97 Å². The van der Waals surface area contributed by atoms with Crippen LogP contribution in [0.3, 0.4) is 0 Å². The molecule has 0 unspecified atom stereocenters. The van der Waals surface area contributed by atoms with Crippen molar-refractivity contribution in [3.05, 3.63) is 30.3 Å². The summed E-state index contributed by atoms with van der Waals surface area (Å²) in [5.41, 5.74) is 0. The Bertz CT molecular complexity index is 354. The van der Waals surface area contributed by atoms with E-state index in [2.05, 4.69) is 5.32 Å². The van der Waals surface area contributed by atoms with Crippen molar-refractivity contribution >= 4 is 5.97 Å². The summed E-state index contributed by atoms with van der Waals surface area (Å²) in [4.78, 5) is 11.1. The van der Waals surface area contributed by atoms with Crippen LogP contribution in [0.15, 0.2) is 30.3 Å². The van der Waals surface area contributed by atoms with E-state index in [0.717, 1.165) is 38.1 Å². The summed E-state index contributed by atoms with van der Waals surface area (Å²) >= 11 is 0. The largest absolute Gasteiger partial charge is 0.492 e. The fourth-order valence-electron chi connectivity index (χ4n) is 1.81. The number of nitrogens with one attached hydrogen (secondary N) is 1. The molecular formula is C16H25NO3. The second-order valence-electron chi connectivity index (χ2n) is 4.53. The van der Waals surface area contributed by atoms with E-state index in [1.54, 1.807) is 0 Å². The normalized spacial score (nSPS) is 10.2. The fourth-order valence-corrected chi connectivity index (χ4v) is 1.81. The molecule has 4 nitrogen and oxygen atoms in total. The zero-order chi connectivity index (χ0) is 14.5. The molecule has 0 aliphatic carbocycles. The van der Waals surface area contributed by atoms with Crippen molar-refractivity contribution in [2.24, 2.45) is 0 Å². The van der Waals surface area contributed by atoms with Crippen LogP contribution >= 0.6 is 0 Å². The lowest BCUT2D eigenvalue weighted by Crippen LogP contribution is -2.22. The van der Waals surface area contributed by atoms with E-state index in [1.807, 2.05) is 37.3 Å². The van der Waals surface area contributed by atoms with Crippen molar-refractivity contribution in [1.29, 1.82) is 0 Å². The van der Waals surface area contributed by atoms with Crippen LogP contribution in [-0.4, -0.2) is 32.3 Å². The van der Waals surface area contributed by atoms with Crippen LogP contribution in [0.4, 0.5) is 0 Å². The van der Waals surface area contributed by atoms with Crippen LogP contribution < -0.4 is 10.1 Å². The fraction of sp³-hybridized carbons (Fsp3) is 0.562. The third kappa shape index (κ3) is 8.53. The van der Waals surface area contributed by atoms with Crippen molar-refractivity contribution in [1.82, 2.24) is 5.32 Å². The molecule has 0 atom stereocenters. The smallest absolute Gasteiger partial charge is 0.305 e. The van der Waals surface area contributed by atoms with Gasteiger partial charge in [-0.3, -0.25) is 4.79 Å². The maximum atomic E-state index is 11.1. The van der Waals surface area contributed by atoms with Gasteiger partial charge in [-0.2, -0.15) is 0 Å². The van der Waals surface area contributed by atoms with Gasteiger partial charge in [0.05, 0.1) is 6.61 Å². The van der Waals surface area contributed by atoms with Gasteiger partial charge in [0, 0.05) is 13.0 Å². The molecule has 1 aromatic carbocycles. The van der Waals surface area contributed by atoms with Crippen molar-refractivity contribution in [3.8, 4) is 5.75 Å². The number of benzene rings is 1. The highest BCUT2D eigenvalue weighted by molar-refractivity contribution is 5.69. The Kier molecular flexibility index (Phi) is 9.32. The maximum Gasteiger partial charge on any atom is 0.305 e. The predicted octanol–water partition coefficient (Wildman–Crippen LogP) is 2.78. The van der Waals surface area contributed by atoms with Crippen LogP contribution in [0.25, 0.3) is 0 Å². The van der Waals surface area contributed by atoms with Crippen LogP contribution in [0.2, 0.25) is 0 Å². The van der Waals surface area contributed by atoms with Crippen LogP contribution in [0.1, 0.15) is 32.6 Å². The first-order valence-corrected chi connectivity index (χ1v) is 7.37. The Morgan fingerprint density at radius 1 is 1.10 bits per heavy atom. The molecule has 20 heavy (non-hydrogen) atoms. The first kappa shape index (κ1) is 16.5. The average molecular weight is 279 g/mol. The number of hydrogen-bond donors (Lipinski definition) is 1. The molecule has 0 amide bonds. The van der Waals surface area contributed by atoms with Gasteiger partial charge in [-0.05, 0) is 38.4 Å². The molecule has 4 heteroatoms. The van der Waals surface area contributed by atoms with Crippen LogP contribution in [0, 0.1) is 0 Å². The van der Waals surface area contributed by atoms with Gasteiger partial charge in [0.25, 0.3) is 0 Å². The molecule has 0 heterocycles. The Hall–Kier alpha value is -1.55. The lowest BCUT2D eigenvalue weighted by atomic mass is 10.2. The molecule has 0 saturated carbocycles. The number of unbranched alkanes of at least 4 members (excludes halogenated alkanes) is 2. The monoisotopic (exact) mass is 279 g/mol. The van der Waals surface area contributed by atoms with Crippen molar-refractivity contribution in [3.63, 3.8) is 0 Å². The first-order valence-electron chi connectivity index (χ1n) is 7.37. The quantitative estimate of drug-likeness (QED) is 0.500. The van der Waals surface area contributed by atoms with E-state index in [4.69, 9.17) is 9.47 Å². The number of carbonyl (C=O) groups excluding carboxylic acids is 1. The minimum Gasteiger partial charge on any atom is -0.492 e. The highest BCUT2D eigenvalue weighted by atomic mass is 16.5. The molecule has 0 saturated heterocycles. The zero-order valence-corrected chi connectivity index (χ0v) is 12.3. The van der Waals surface area contributed by atoms with E-state index in [1.165, 1.54) is 0 Å². The average Bonchev–Trinajstić information content (AvgIpc) is 2.47. The summed E-state index contributed by atoms with van der Waals surface area (Å²) in [6.45, 7) is 4.78. The summed E-state index contributed by atoms with van der Waals surface area (Å²) in [6.07, 6.45) is 3.56. The molecule has 0 aliphatic heterocycles. The third-order valence-electron chi connectivity index (χ3n) is 2.83. The number of para-hydroxylation sites is 1. The summed E-state index contributed by atoms with van der Waals surface area (Å²) in [6, 6.07) is 9.81. The van der Waals surface area contributed by atoms with Crippen molar-refractivity contribution in [2.45, 2.75) is 32.6 Å². The molecule has 1 aromatic rings. The highest BCUT2D eigenvalue weighted by Gasteiger charge is 2.00. The Balaban J connectivity index is 1.84. The minimum absolute atomic E-state index is 0.0864. The predicted molar refractivity (Wildman–Crippen MR) is 79.9 cm³/mol. The van der Waals surface area contributed by atoms with Gasteiger partial charge in [-0.25, -0.2) is 0 Å². The topological polar surface area (TPSA) is 47.6 Å². The lowest BCUT2D eigenvalue weighted by molar-refractivity contribution is -0.143. The molecule has 0 aromatic heterocycles. The molecule has 0 aliphatic rings. The first-order chi connectivity index (χ1) is 9.83. The van der Waals surface area contributed by atoms with Gasteiger partial charge in [0.2, 0.25) is 0 Å². The number of hydrogen-bond acceptors (Lipinski definition) is 4.